The number of hydrogen-bond donors (Lipinski definition) is 2. The fourth-order valence-corrected chi connectivity index (χ4v) is 7.33. The quantitative estimate of drug-likeness (QED) is 0.527. The molecule has 2 aliphatic carbocycles. The van der Waals surface area contributed by atoms with Crippen LogP contribution in [-0.2, 0) is 23.0 Å². The van der Waals surface area contributed by atoms with E-state index in [1.807, 2.05) is 30.5 Å². The molecule has 2 saturated heterocycles. The van der Waals surface area contributed by atoms with Gasteiger partial charge in [-0.15, -0.1) is 0 Å². The zero-order chi connectivity index (χ0) is 26.2. The van der Waals surface area contributed by atoms with E-state index in [9.17, 15) is 4.79 Å². The van der Waals surface area contributed by atoms with Crippen LogP contribution in [0, 0.1) is 0 Å². The maximum atomic E-state index is 13.4. The molecule has 0 radical (unpaired) electrons. The van der Waals surface area contributed by atoms with Crippen LogP contribution < -0.4 is 10.1 Å². The number of likely N-dealkylation sites (N-methyl/N-ethyl adjacent to an activating group) is 1. The number of ether oxygens (including phenoxy) is 2. The summed E-state index contributed by atoms with van der Waals surface area (Å²) in [6, 6.07) is 8.04. The van der Waals surface area contributed by atoms with Crippen molar-refractivity contribution >= 4 is 5.91 Å². The fourth-order valence-electron chi connectivity index (χ4n) is 7.33. The molecule has 39 heavy (non-hydrogen) atoms. The molecule has 1 saturated carbocycles. The Morgan fingerprint density at radius 2 is 1.90 bits per heavy atom. The number of H-pyrrole nitrogens is 1. The van der Waals surface area contributed by atoms with Crippen molar-refractivity contribution in [3.8, 4) is 28.5 Å². The number of nitrogens with one attached hydrogen (secondary N) is 2. The summed E-state index contributed by atoms with van der Waals surface area (Å²) in [6.45, 7) is 7.03. The predicted molar refractivity (Wildman–Crippen MR) is 146 cm³/mol. The number of nitrogens with zero attached hydrogens (tertiary/aromatic N) is 4. The number of rotatable bonds is 5. The molecule has 1 aromatic carbocycles. The Morgan fingerprint density at radius 1 is 1.10 bits per heavy atom. The van der Waals surface area contributed by atoms with Crippen molar-refractivity contribution in [3.05, 3.63) is 52.8 Å². The lowest BCUT2D eigenvalue weighted by Crippen LogP contribution is -2.71. The van der Waals surface area contributed by atoms with Gasteiger partial charge in [0.2, 0.25) is 0 Å². The number of aromatic amines is 1. The number of aromatic nitrogens is 3. The van der Waals surface area contributed by atoms with Crippen molar-refractivity contribution < 1.29 is 14.3 Å². The van der Waals surface area contributed by atoms with E-state index in [1.54, 1.807) is 0 Å². The second kappa shape index (κ2) is 8.61. The Morgan fingerprint density at radius 3 is 2.64 bits per heavy atom. The summed E-state index contributed by atoms with van der Waals surface area (Å²) < 4.78 is 11.4. The summed E-state index contributed by atoms with van der Waals surface area (Å²) in [5.41, 5.74) is 7.06. The highest BCUT2D eigenvalue weighted by atomic mass is 16.5. The molecule has 0 unspecified atom stereocenters. The van der Waals surface area contributed by atoms with E-state index in [1.165, 1.54) is 0 Å². The van der Waals surface area contributed by atoms with E-state index >= 15 is 0 Å². The Hall–Kier alpha value is -3.27. The molecule has 0 bridgehead atoms. The summed E-state index contributed by atoms with van der Waals surface area (Å²) >= 11 is 0. The number of carbonyl (C=O) groups is 1. The highest BCUT2D eigenvalue weighted by Gasteiger charge is 2.69. The zero-order valence-electron chi connectivity index (χ0n) is 22.4. The van der Waals surface area contributed by atoms with Crippen molar-refractivity contribution in [1.29, 1.82) is 0 Å². The van der Waals surface area contributed by atoms with Crippen LogP contribution in [0.2, 0.25) is 0 Å². The van der Waals surface area contributed by atoms with E-state index in [2.05, 4.69) is 27.1 Å². The minimum absolute atomic E-state index is 0.0179. The monoisotopic (exact) mass is 526 g/mol. The van der Waals surface area contributed by atoms with Crippen molar-refractivity contribution in [2.45, 2.75) is 36.6 Å². The SMILES string of the molecule is CN1CC2(C1)c1[nH]c3c(c1C(=O)NC21CC1)CCc1cnc(-c2ccc(OCCN4CCOCC4)cc2)nc1-3. The van der Waals surface area contributed by atoms with Gasteiger partial charge in [-0.05, 0) is 68.1 Å². The predicted octanol–water partition coefficient (Wildman–Crippen LogP) is 2.41. The normalized spacial score (nSPS) is 22.5. The summed E-state index contributed by atoms with van der Waals surface area (Å²) in [7, 11) is 2.16. The number of fused-ring (bicyclic) bond motifs is 7. The zero-order valence-corrected chi connectivity index (χ0v) is 22.4. The lowest BCUT2D eigenvalue weighted by molar-refractivity contribution is 0.0322. The Kier molecular flexibility index (Phi) is 5.21. The first-order chi connectivity index (χ1) is 19.1. The van der Waals surface area contributed by atoms with Gasteiger partial charge in [0.05, 0.1) is 41.1 Å². The minimum atomic E-state index is -0.0806. The Bertz CT molecular complexity index is 1450. The summed E-state index contributed by atoms with van der Waals surface area (Å²) in [4.78, 5) is 31.7. The number of amides is 1. The molecular weight excluding hydrogens is 492 g/mol. The van der Waals surface area contributed by atoms with Gasteiger partial charge in [0.1, 0.15) is 12.4 Å². The summed E-state index contributed by atoms with van der Waals surface area (Å²) in [6.07, 6.45) is 5.76. The highest BCUT2D eigenvalue weighted by molar-refractivity contribution is 6.02. The van der Waals surface area contributed by atoms with Crippen LogP contribution in [0.15, 0.2) is 30.5 Å². The first-order valence-electron chi connectivity index (χ1n) is 14.2. The molecule has 2 spiro atoms. The maximum Gasteiger partial charge on any atom is 0.253 e. The van der Waals surface area contributed by atoms with Crippen molar-refractivity contribution in [2.75, 3.05) is 59.6 Å². The lowest BCUT2D eigenvalue weighted by atomic mass is 9.65. The van der Waals surface area contributed by atoms with E-state index in [-0.39, 0.29) is 16.9 Å². The van der Waals surface area contributed by atoms with E-state index < -0.39 is 0 Å². The lowest BCUT2D eigenvalue weighted by Gasteiger charge is -2.55. The van der Waals surface area contributed by atoms with Crippen molar-refractivity contribution in [3.63, 3.8) is 0 Å². The van der Waals surface area contributed by atoms with Crippen LogP contribution in [-0.4, -0.2) is 95.8 Å². The molecule has 1 amide bonds. The highest BCUT2D eigenvalue weighted by Crippen LogP contribution is 2.59. The van der Waals surface area contributed by atoms with Gasteiger partial charge in [-0.2, -0.15) is 0 Å². The molecule has 0 atom stereocenters. The summed E-state index contributed by atoms with van der Waals surface area (Å²) in [5, 5.41) is 3.43. The molecule has 3 fully saturated rings. The van der Waals surface area contributed by atoms with Gasteiger partial charge in [0, 0.05) is 50.2 Å². The van der Waals surface area contributed by atoms with Crippen LogP contribution in [0.1, 0.15) is 40.0 Å². The minimum Gasteiger partial charge on any atom is -0.492 e. The van der Waals surface area contributed by atoms with Gasteiger partial charge < -0.3 is 24.7 Å². The fraction of sp³-hybridized carbons (Fsp3) is 0.500. The van der Waals surface area contributed by atoms with Crippen LogP contribution >= 0.6 is 0 Å². The number of benzene rings is 1. The third-order valence-corrected chi connectivity index (χ3v) is 9.55. The number of hydrogen-bond acceptors (Lipinski definition) is 7. The average Bonchev–Trinajstić information content (AvgIpc) is 3.60. The van der Waals surface area contributed by atoms with E-state index in [0.717, 1.165) is 117 Å². The van der Waals surface area contributed by atoms with E-state index in [4.69, 9.17) is 19.4 Å². The molecule has 9 heteroatoms. The second-order valence-corrected chi connectivity index (χ2v) is 11.9. The smallest absolute Gasteiger partial charge is 0.253 e. The van der Waals surface area contributed by atoms with Gasteiger partial charge in [-0.3, -0.25) is 9.69 Å². The van der Waals surface area contributed by atoms with Gasteiger partial charge >= 0.3 is 0 Å². The number of aryl methyl sites for hydroxylation is 1. The van der Waals surface area contributed by atoms with Crippen LogP contribution in [0.5, 0.6) is 5.75 Å². The molecule has 5 heterocycles. The van der Waals surface area contributed by atoms with Crippen LogP contribution in [0.3, 0.4) is 0 Å². The Balaban J connectivity index is 1.07. The molecule has 2 aromatic heterocycles. The molecule has 3 aromatic rings. The third kappa shape index (κ3) is 3.59. The summed E-state index contributed by atoms with van der Waals surface area (Å²) in [5.74, 6) is 1.62. The number of likely N-dealkylation sites (tertiary alicyclic amines) is 1. The van der Waals surface area contributed by atoms with Crippen molar-refractivity contribution in [1.82, 2.24) is 30.1 Å². The maximum absolute atomic E-state index is 13.4. The van der Waals surface area contributed by atoms with Gasteiger partial charge in [-0.25, -0.2) is 9.97 Å². The first-order valence-corrected chi connectivity index (χ1v) is 14.2. The van der Waals surface area contributed by atoms with Gasteiger partial charge in [-0.1, -0.05) is 0 Å². The van der Waals surface area contributed by atoms with Gasteiger partial charge in [0.15, 0.2) is 5.82 Å². The van der Waals surface area contributed by atoms with Gasteiger partial charge in [0.25, 0.3) is 5.91 Å². The molecular formula is C30H34N6O3. The Labute approximate surface area is 227 Å². The topological polar surface area (TPSA) is 95.6 Å². The standard InChI is InChI=1S/C30H34N6O3/c1-35-17-29(18-35)26-23(28(37)34-30(29)8-9-30)22-7-4-20-16-31-27(33-24(20)25(22)32-26)19-2-5-21(6-3-19)39-15-12-36-10-13-38-14-11-36/h2-3,5-6,16,32H,4,7-15,17-18H2,1H3,(H,34,37). The second-order valence-electron chi connectivity index (χ2n) is 11.9. The molecule has 202 valence electrons. The average molecular weight is 527 g/mol. The van der Waals surface area contributed by atoms with E-state index in [0.29, 0.717) is 12.4 Å². The molecule has 3 aliphatic heterocycles. The first kappa shape index (κ1) is 23.6. The van der Waals surface area contributed by atoms with Crippen LogP contribution in [0.4, 0.5) is 0 Å². The molecule has 5 aliphatic rings. The molecule has 2 N–H and O–H groups in total. The molecule has 8 rings (SSSR count). The van der Waals surface area contributed by atoms with Crippen LogP contribution in [0.25, 0.3) is 22.8 Å². The third-order valence-electron chi connectivity index (χ3n) is 9.55. The van der Waals surface area contributed by atoms with Crippen molar-refractivity contribution in [2.24, 2.45) is 0 Å². The number of morpholine rings is 1. The molecule has 9 nitrogen and oxygen atoms in total. The largest absolute Gasteiger partial charge is 0.492 e. The number of carbonyl (C=O) groups excluding carboxylic acids is 1.